The molecule has 0 spiro atoms. The SMILES string of the molecule is Cl.Nc1ccc(B(O)O)cc1. The standard InChI is InChI=1S/C6H8BNO2.ClH/c8-6-3-1-5(2-4-6)7(9)10;/h1-4,9-10H,8H2;1H. The molecule has 0 aliphatic heterocycles. The summed E-state index contributed by atoms with van der Waals surface area (Å²) in [6.07, 6.45) is 0. The first-order valence-corrected chi connectivity index (χ1v) is 2.92. The first-order chi connectivity index (χ1) is 4.70. The molecule has 0 saturated heterocycles. The molecular formula is C6H9BClNO2. The van der Waals surface area contributed by atoms with Crippen molar-refractivity contribution in [2.24, 2.45) is 0 Å². The average Bonchev–Trinajstić information content (AvgIpc) is 1.88. The molecular weight excluding hydrogens is 164 g/mol. The normalized spacial score (nSPS) is 8.55. The lowest BCUT2D eigenvalue weighted by molar-refractivity contribution is 0.426. The van der Waals surface area contributed by atoms with Crippen molar-refractivity contribution >= 4 is 30.7 Å². The summed E-state index contributed by atoms with van der Waals surface area (Å²) in [6, 6.07) is 6.38. The van der Waals surface area contributed by atoms with E-state index >= 15 is 0 Å². The van der Waals surface area contributed by atoms with Crippen LogP contribution in [0, 0.1) is 0 Å². The van der Waals surface area contributed by atoms with E-state index in [-0.39, 0.29) is 12.4 Å². The van der Waals surface area contributed by atoms with Gasteiger partial charge in [-0.25, -0.2) is 0 Å². The van der Waals surface area contributed by atoms with Crippen molar-refractivity contribution in [3.05, 3.63) is 24.3 Å². The Bertz CT molecular complexity index is 214. The molecule has 0 unspecified atom stereocenters. The smallest absolute Gasteiger partial charge is 0.423 e. The lowest BCUT2D eigenvalue weighted by Gasteiger charge is -1.97. The maximum atomic E-state index is 8.63. The van der Waals surface area contributed by atoms with E-state index in [0.717, 1.165) is 0 Å². The summed E-state index contributed by atoms with van der Waals surface area (Å²) in [4.78, 5) is 0. The first kappa shape index (κ1) is 10.3. The van der Waals surface area contributed by atoms with Crippen LogP contribution < -0.4 is 11.2 Å². The number of hydrogen-bond donors (Lipinski definition) is 3. The molecule has 0 amide bonds. The zero-order chi connectivity index (χ0) is 7.56. The van der Waals surface area contributed by atoms with Gasteiger partial charge in [0.15, 0.2) is 0 Å². The van der Waals surface area contributed by atoms with Gasteiger partial charge in [0.2, 0.25) is 0 Å². The van der Waals surface area contributed by atoms with Gasteiger partial charge in [-0.2, -0.15) is 0 Å². The van der Waals surface area contributed by atoms with Crippen LogP contribution in [0.15, 0.2) is 24.3 Å². The van der Waals surface area contributed by atoms with Crippen molar-refractivity contribution in [1.29, 1.82) is 0 Å². The lowest BCUT2D eigenvalue weighted by atomic mass is 9.80. The first-order valence-electron chi connectivity index (χ1n) is 2.92. The zero-order valence-corrected chi connectivity index (χ0v) is 6.58. The molecule has 11 heavy (non-hydrogen) atoms. The molecule has 0 aromatic heterocycles. The summed E-state index contributed by atoms with van der Waals surface area (Å²) in [5, 5.41) is 17.3. The molecule has 0 aliphatic rings. The quantitative estimate of drug-likeness (QED) is 0.391. The molecule has 60 valence electrons. The number of halogens is 1. The fourth-order valence-corrected chi connectivity index (χ4v) is 0.668. The van der Waals surface area contributed by atoms with Crippen LogP contribution >= 0.6 is 12.4 Å². The van der Waals surface area contributed by atoms with Gasteiger partial charge in [-0.15, -0.1) is 12.4 Å². The van der Waals surface area contributed by atoms with Gasteiger partial charge in [-0.1, -0.05) is 12.1 Å². The number of nitrogens with two attached hydrogens (primary N) is 1. The summed E-state index contributed by atoms with van der Waals surface area (Å²) in [5.41, 5.74) is 6.43. The van der Waals surface area contributed by atoms with Gasteiger partial charge in [0.25, 0.3) is 0 Å². The van der Waals surface area contributed by atoms with Crippen LogP contribution in [0.25, 0.3) is 0 Å². The number of nitrogen functional groups attached to an aromatic ring is 1. The van der Waals surface area contributed by atoms with Crippen LogP contribution in [0.5, 0.6) is 0 Å². The van der Waals surface area contributed by atoms with Gasteiger partial charge in [-0.05, 0) is 17.6 Å². The summed E-state index contributed by atoms with van der Waals surface area (Å²) in [5.74, 6) is 0. The third-order valence-electron chi connectivity index (χ3n) is 1.23. The second-order valence-electron chi connectivity index (χ2n) is 2.04. The van der Waals surface area contributed by atoms with E-state index in [1.165, 1.54) is 0 Å². The number of anilines is 1. The van der Waals surface area contributed by atoms with E-state index in [1.54, 1.807) is 24.3 Å². The minimum absolute atomic E-state index is 0. The van der Waals surface area contributed by atoms with E-state index < -0.39 is 7.12 Å². The zero-order valence-electron chi connectivity index (χ0n) is 5.77. The molecule has 0 saturated carbocycles. The number of benzene rings is 1. The van der Waals surface area contributed by atoms with Crippen molar-refractivity contribution in [2.75, 3.05) is 5.73 Å². The van der Waals surface area contributed by atoms with E-state index in [9.17, 15) is 0 Å². The molecule has 0 bridgehead atoms. The van der Waals surface area contributed by atoms with Crippen LogP contribution in [-0.2, 0) is 0 Å². The van der Waals surface area contributed by atoms with Crippen molar-refractivity contribution in [3.63, 3.8) is 0 Å². The molecule has 1 aromatic carbocycles. The van der Waals surface area contributed by atoms with Crippen LogP contribution in [0.1, 0.15) is 0 Å². The van der Waals surface area contributed by atoms with Gasteiger partial charge < -0.3 is 15.8 Å². The minimum Gasteiger partial charge on any atom is -0.423 e. The predicted molar refractivity (Wildman–Crippen MR) is 47.9 cm³/mol. The maximum absolute atomic E-state index is 8.63. The van der Waals surface area contributed by atoms with E-state index in [1.807, 2.05) is 0 Å². The molecule has 4 N–H and O–H groups in total. The fourth-order valence-electron chi connectivity index (χ4n) is 0.668. The predicted octanol–water partition coefficient (Wildman–Crippen LogP) is -0.630. The van der Waals surface area contributed by atoms with Crippen LogP contribution in [0.2, 0.25) is 0 Å². The highest BCUT2D eigenvalue weighted by molar-refractivity contribution is 6.58. The Kier molecular flexibility index (Phi) is 3.96. The Morgan fingerprint density at radius 1 is 1.09 bits per heavy atom. The molecule has 1 rings (SSSR count). The highest BCUT2D eigenvalue weighted by Crippen LogP contribution is 1.95. The molecule has 5 heteroatoms. The van der Waals surface area contributed by atoms with Gasteiger partial charge in [0.1, 0.15) is 0 Å². The Hall–Kier alpha value is -0.705. The highest BCUT2D eigenvalue weighted by Gasteiger charge is 2.08. The molecule has 0 aliphatic carbocycles. The Morgan fingerprint density at radius 3 is 1.91 bits per heavy atom. The van der Waals surface area contributed by atoms with Crippen molar-refractivity contribution in [2.45, 2.75) is 0 Å². The topological polar surface area (TPSA) is 66.5 Å². The Labute approximate surface area is 71.4 Å². The van der Waals surface area contributed by atoms with E-state index in [2.05, 4.69) is 0 Å². The second-order valence-corrected chi connectivity index (χ2v) is 2.04. The molecule has 0 atom stereocenters. The highest BCUT2D eigenvalue weighted by atomic mass is 35.5. The van der Waals surface area contributed by atoms with Crippen LogP contribution in [-0.4, -0.2) is 17.2 Å². The third-order valence-corrected chi connectivity index (χ3v) is 1.23. The second kappa shape index (κ2) is 4.23. The molecule has 0 fully saturated rings. The number of rotatable bonds is 1. The Balaban J connectivity index is 0.000001000. The van der Waals surface area contributed by atoms with Crippen molar-refractivity contribution < 1.29 is 10.0 Å². The van der Waals surface area contributed by atoms with Gasteiger partial charge in [-0.3, -0.25) is 0 Å². The third kappa shape index (κ3) is 2.80. The van der Waals surface area contributed by atoms with E-state index in [4.69, 9.17) is 15.8 Å². The molecule has 0 radical (unpaired) electrons. The largest absolute Gasteiger partial charge is 0.488 e. The van der Waals surface area contributed by atoms with E-state index in [0.29, 0.717) is 11.2 Å². The molecule has 3 nitrogen and oxygen atoms in total. The summed E-state index contributed by atoms with van der Waals surface area (Å²) >= 11 is 0. The summed E-state index contributed by atoms with van der Waals surface area (Å²) in [7, 11) is -1.40. The van der Waals surface area contributed by atoms with Crippen LogP contribution in [0.3, 0.4) is 0 Å². The molecule has 0 heterocycles. The Morgan fingerprint density at radius 2 is 1.55 bits per heavy atom. The maximum Gasteiger partial charge on any atom is 0.488 e. The van der Waals surface area contributed by atoms with Crippen LogP contribution in [0.4, 0.5) is 5.69 Å². The van der Waals surface area contributed by atoms with Gasteiger partial charge >= 0.3 is 7.12 Å². The summed E-state index contributed by atoms with van der Waals surface area (Å²) in [6.45, 7) is 0. The monoisotopic (exact) mass is 173 g/mol. The van der Waals surface area contributed by atoms with Crippen molar-refractivity contribution in [3.8, 4) is 0 Å². The fraction of sp³-hybridized carbons (Fsp3) is 0. The average molecular weight is 173 g/mol. The minimum atomic E-state index is -1.40. The number of hydrogen-bond acceptors (Lipinski definition) is 3. The summed E-state index contributed by atoms with van der Waals surface area (Å²) < 4.78 is 0. The lowest BCUT2D eigenvalue weighted by Crippen LogP contribution is -2.29. The van der Waals surface area contributed by atoms with Crippen molar-refractivity contribution in [1.82, 2.24) is 0 Å². The molecule has 1 aromatic rings. The van der Waals surface area contributed by atoms with Gasteiger partial charge in [0.05, 0.1) is 0 Å². The van der Waals surface area contributed by atoms with Gasteiger partial charge in [0, 0.05) is 5.69 Å².